The smallest absolute Gasteiger partial charge is 0.250 e. The van der Waals surface area contributed by atoms with Crippen LogP contribution in [0, 0.1) is 0 Å². The fourth-order valence-corrected chi connectivity index (χ4v) is 2.90. The number of carbonyl (C=O) groups excluding carboxylic acids is 3. The van der Waals surface area contributed by atoms with Crippen molar-refractivity contribution in [1.29, 1.82) is 0 Å². The van der Waals surface area contributed by atoms with Crippen LogP contribution in [0.2, 0.25) is 0 Å². The van der Waals surface area contributed by atoms with E-state index in [1.165, 1.54) is 4.90 Å². The van der Waals surface area contributed by atoms with E-state index >= 15 is 0 Å². The molecular formula is C21H22N2O5. The maximum absolute atomic E-state index is 12.0. The molecule has 3 amide bonds. The van der Waals surface area contributed by atoms with Crippen LogP contribution in [0.25, 0.3) is 0 Å². The zero-order chi connectivity index (χ0) is 19.9. The van der Waals surface area contributed by atoms with Gasteiger partial charge in [0.15, 0.2) is 0 Å². The molecule has 0 atom stereocenters. The molecular weight excluding hydrogens is 360 g/mol. The van der Waals surface area contributed by atoms with Gasteiger partial charge in [-0.25, -0.2) is 0 Å². The SMILES string of the molecule is COc1cccc(COCC(=O)Nc2ccc(CN3C(=O)CCC3=O)cc2)c1. The largest absolute Gasteiger partial charge is 0.497 e. The molecule has 3 rings (SSSR count). The lowest BCUT2D eigenvalue weighted by Crippen LogP contribution is -2.28. The van der Waals surface area contributed by atoms with Crippen LogP contribution in [-0.2, 0) is 32.3 Å². The monoisotopic (exact) mass is 382 g/mol. The fraction of sp³-hybridized carbons (Fsp3) is 0.286. The zero-order valence-corrected chi connectivity index (χ0v) is 15.6. The van der Waals surface area contributed by atoms with Crippen molar-refractivity contribution in [2.24, 2.45) is 0 Å². The molecule has 146 valence electrons. The first-order chi connectivity index (χ1) is 13.5. The highest BCUT2D eigenvalue weighted by molar-refractivity contribution is 6.01. The topological polar surface area (TPSA) is 84.9 Å². The Morgan fingerprint density at radius 3 is 2.43 bits per heavy atom. The maximum Gasteiger partial charge on any atom is 0.250 e. The van der Waals surface area contributed by atoms with Gasteiger partial charge in [-0.3, -0.25) is 19.3 Å². The van der Waals surface area contributed by atoms with Gasteiger partial charge in [0, 0.05) is 18.5 Å². The number of nitrogens with zero attached hydrogens (tertiary/aromatic N) is 1. The molecule has 1 aliphatic heterocycles. The fourth-order valence-electron chi connectivity index (χ4n) is 2.90. The highest BCUT2D eigenvalue weighted by Gasteiger charge is 2.28. The Hall–Kier alpha value is -3.19. The molecule has 0 aliphatic carbocycles. The summed E-state index contributed by atoms with van der Waals surface area (Å²) < 4.78 is 10.6. The lowest BCUT2D eigenvalue weighted by molar-refractivity contribution is -0.139. The van der Waals surface area contributed by atoms with E-state index in [0.29, 0.717) is 12.3 Å². The molecule has 0 unspecified atom stereocenters. The van der Waals surface area contributed by atoms with E-state index in [1.807, 2.05) is 24.3 Å². The second-order valence-electron chi connectivity index (χ2n) is 6.46. The minimum absolute atomic E-state index is 0.0737. The molecule has 1 heterocycles. The Labute approximate surface area is 163 Å². The lowest BCUT2D eigenvalue weighted by Gasteiger charge is -2.14. The quantitative estimate of drug-likeness (QED) is 0.709. The molecule has 7 nitrogen and oxygen atoms in total. The standard InChI is InChI=1S/C21H22N2O5/c1-27-18-4-2-3-16(11-18)13-28-14-19(24)22-17-7-5-15(6-8-17)12-23-20(25)9-10-21(23)26/h2-8,11H,9-10,12-14H2,1H3,(H,22,24). The predicted molar refractivity (Wildman–Crippen MR) is 103 cm³/mol. The molecule has 1 aliphatic rings. The van der Waals surface area contributed by atoms with Gasteiger partial charge >= 0.3 is 0 Å². The van der Waals surface area contributed by atoms with Gasteiger partial charge in [-0.15, -0.1) is 0 Å². The second-order valence-corrected chi connectivity index (χ2v) is 6.46. The van der Waals surface area contributed by atoms with Crippen molar-refractivity contribution < 1.29 is 23.9 Å². The number of rotatable bonds is 8. The number of nitrogens with one attached hydrogen (secondary N) is 1. The lowest BCUT2D eigenvalue weighted by atomic mass is 10.2. The Bertz CT molecular complexity index is 847. The summed E-state index contributed by atoms with van der Waals surface area (Å²) >= 11 is 0. The number of anilines is 1. The van der Waals surface area contributed by atoms with E-state index < -0.39 is 0 Å². The number of carbonyl (C=O) groups is 3. The predicted octanol–water partition coefficient (Wildman–Crippen LogP) is 2.50. The van der Waals surface area contributed by atoms with Crippen molar-refractivity contribution in [3.05, 3.63) is 59.7 Å². The first-order valence-electron chi connectivity index (χ1n) is 8.98. The third-order valence-electron chi connectivity index (χ3n) is 4.37. The molecule has 0 saturated carbocycles. The third-order valence-corrected chi connectivity index (χ3v) is 4.37. The highest BCUT2D eigenvalue weighted by atomic mass is 16.5. The van der Waals surface area contributed by atoms with Crippen molar-refractivity contribution in [1.82, 2.24) is 4.90 Å². The molecule has 1 fully saturated rings. The molecule has 1 saturated heterocycles. The number of imide groups is 1. The minimum Gasteiger partial charge on any atom is -0.497 e. The Balaban J connectivity index is 1.45. The average Bonchev–Trinajstić information content (AvgIpc) is 3.01. The van der Waals surface area contributed by atoms with Gasteiger partial charge in [-0.05, 0) is 35.4 Å². The molecule has 7 heteroatoms. The van der Waals surface area contributed by atoms with Crippen molar-refractivity contribution in [3.63, 3.8) is 0 Å². The molecule has 0 radical (unpaired) electrons. The highest BCUT2D eigenvalue weighted by Crippen LogP contribution is 2.17. The maximum atomic E-state index is 12.0. The van der Waals surface area contributed by atoms with Gasteiger partial charge in [0.2, 0.25) is 17.7 Å². The van der Waals surface area contributed by atoms with Crippen molar-refractivity contribution in [2.45, 2.75) is 26.0 Å². The Kier molecular flexibility index (Phi) is 6.39. The summed E-state index contributed by atoms with van der Waals surface area (Å²) in [6, 6.07) is 14.5. The second kappa shape index (κ2) is 9.14. The van der Waals surface area contributed by atoms with Gasteiger partial charge in [0.1, 0.15) is 12.4 Å². The number of methoxy groups -OCH3 is 1. The first kappa shape index (κ1) is 19.6. The van der Waals surface area contributed by atoms with Crippen LogP contribution in [0.1, 0.15) is 24.0 Å². The molecule has 1 N–H and O–H groups in total. The van der Waals surface area contributed by atoms with Crippen LogP contribution in [0.4, 0.5) is 5.69 Å². The zero-order valence-electron chi connectivity index (χ0n) is 15.6. The molecule has 28 heavy (non-hydrogen) atoms. The number of hydrogen-bond donors (Lipinski definition) is 1. The molecule has 0 spiro atoms. The number of likely N-dealkylation sites (tertiary alicyclic amines) is 1. The van der Waals surface area contributed by atoms with Gasteiger partial charge in [-0.1, -0.05) is 24.3 Å². The van der Waals surface area contributed by atoms with E-state index in [4.69, 9.17) is 9.47 Å². The summed E-state index contributed by atoms with van der Waals surface area (Å²) in [5, 5.41) is 2.75. The van der Waals surface area contributed by atoms with Crippen LogP contribution >= 0.6 is 0 Å². The van der Waals surface area contributed by atoms with Gasteiger partial charge in [-0.2, -0.15) is 0 Å². The Morgan fingerprint density at radius 2 is 1.75 bits per heavy atom. The number of benzene rings is 2. The van der Waals surface area contributed by atoms with Crippen LogP contribution in [0.5, 0.6) is 5.75 Å². The van der Waals surface area contributed by atoms with E-state index in [0.717, 1.165) is 16.9 Å². The molecule has 0 aromatic heterocycles. The summed E-state index contributed by atoms with van der Waals surface area (Å²) in [6.07, 6.45) is 0.561. The summed E-state index contributed by atoms with van der Waals surface area (Å²) in [5.74, 6) is 0.189. The first-order valence-corrected chi connectivity index (χ1v) is 8.98. The average molecular weight is 382 g/mol. The van der Waals surface area contributed by atoms with Crippen LogP contribution in [-0.4, -0.2) is 36.3 Å². The Morgan fingerprint density at radius 1 is 1.04 bits per heavy atom. The van der Waals surface area contributed by atoms with Gasteiger partial charge in [0.05, 0.1) is 20.3 Å². The third kappa shape index (κ3) is 5.17. The van der Waals surface area contributed by atoms with E-state index in [2.05, 4.69) is 5.32 Å². The van der Waals surface area contributed by atoms with E-state index in [9.17, 15) is 14.4 Å². The van der Waals surface area contributed by atoms with Crippen LogP contribution in [0.3, 0.4) is 0 Å². The summed E-state index contributed by atoms with van der Waals surface area (Å²) in [5.41, 5.74) is 2.37. The van der Waals surface area contributed by atoms with Crippen molar-refractivity contribution in [3.8, 4) is 5.75 Å². The number of amides is 3. The van der Waals surface area contributed by atoms with Crippen LogP contribution < -0.4 is 10.1 Å². The normalized spacial score (nSPS) is 13.7. The summed E-state index contributed by atoms with van der Waals surface area (Å²) in [4.78, 5) is 36.6. The van der Waals surface area contributed by atoms with Gasteiger partial charge < -0.3 is 14.8 Å². The van der Waals surface area contributed by atoms with Crippen molar-refractivity contribution in [2.75, 3.05) is 19.0 Å². The molecule has 2 aromatic rings. The molecule has 0 bridgehead atoms. The van der Waals surface area contributed by atoms with Gasteiger partial charge in [0.25, 0.3) is 0 Å². The minimum atomic E-state index is -0.263. The van der Waals surface area contributed by atoms with E-state index in [-0.39, 0.29) is 43.7 Å². The summed E-state index contributed by atoms with van der Waals surface area (Å²) in [7, 11) is 1.60. The van der Waals surface area contributed by atoms with Crippen LogP contribution in [0.15, 0.2) is 48.5 Å². The van der Waals surface area contributed by atoms with Crippen molar-refractivity contribution >= 4 is 23.4 Å². The summed E-state index contributed by atoms with van der Waals surface area (Å²) in [6.45, 7) is 0.493. The molecule has 2 aromatic carbocycles. The van der Waals surface area contributed by atoms with E-state index in [1.54, 1.807) is 31.4 Å². The number of ether oxygens (including phenoxy) is 2. The number of hydrogen-bond acceptors (Lipinski definition) is 5.